The molecule has 0 unspecified atom stereocenters. The van der Waals surface area contributed by atoms with Crippen LogP contribution in [0.15, 0.2) is 33.2 Å². The fraction of sp³-hybridized carbons (Fsp3) is 0.455. The minimum atomic E-state index is -0.226. The number of allylic oxidation sites excluding steroid dienone is 1. The number of carbonyl (C=O) groups excluding carboxylic acids is 2. The fourth-order valence-electron chi connectivity index (χ4n) is 2.89. The van der Waals surface area contributed by atoms with Gasteiger partial charge in [0.2, 0.25) is 5.91 Å². The number of ether oxygens (including phenoxy) is 2. The minimum Gasteiger partial charge on any atom is -0.490 e. The lowest BCUT2D eigenvalue weighted by molar-refractivity contribution is -0.143. The molecular formula is C22H28BrNO5. The van der Waals surface area contributed by atoms with E-state index in [1.165, 1.54) is 0 Å². The van der Waals surface area contributed by atoms with E-state index in [9.17, 15) is 9.59 Å². The largest absolute Gasteiger partial charge is 0.490 e. The number of benzene rings is 1. The van der Waals surface area contributed by atoms with Crippen LogP contribution in [-0.4, -0.2) is 43.1 Å². The van der Waals surface area contributed by atoms with Gasteiger partial charge in [0.15, 0.2) is 11.3 Å². The average molecular weight is 466 g/mol. The molecule has 1 amide bonds. The van der Waals surface area contributed by atoms with Gasteiger partial charge in [-0.2, -0.15) is 0 Å². The second kappa shape index (κ2) is 11.0. The van der Waals surface area contributed by atoms with Gasteiger partial charge in [-0.25, -0.2) is 0 Å². The summed E-state index contributed by atoms with van der Waals surface area (Å²) in [6.45, 7) is 9.62. The first kappa shape index (κ1) is 23.0. The first-order valence-corrected chi connectivity index (χ1v) is 10.7. The molecule has 6 nitrogen and oxygen atoms in total. The maximum atomic E-state index is 12.4. The van der Waals surface area contributed by atoms with Crippen molar-refractivity contribution in [3.05, 3.63) is 34.5 Å². The number of hydrogen-bond donors (Lipinski definition) is 0. The van der Waals surface area contributed by atoms with Gasteiger partial charge < -0.3 is 18.8 Å². The average Bonchev–Trinajstić information content (AvgIpc) is 3.14. The quantitative estimate of drug-likeness (QED) is 0.274. The van der Waals surface area contributed by atoms with Gasteiger partial charge in [0.05, 0.1) is 13.2 Å². The number of hydrogen-bond acceptors (Lipinski definition) is 5. The Morgan fingerprint density at radius 3 is 2.59 bits per heavy atom. The van der Waals surface area contributed by atoms with E-state index in [2.05, 4.69) is 15.9 Å². The lowest BCUT2D eigenvalue weighted by Crippen LogP contribution is -2.28. The van der Waals surface area contributed by atoms with E-state index in [1.54, 1.807) is 17.9 Å². The Morgan fingerprint density at radius 2 is 1.93 bits per heavy atom. The van der Waals surface area contributed by atoms with Crippen LogP contribution in [0.25, 0.3) is 16.5 Å². The Hall–Kier alpha value is -2.28. The maximum absolute atomic E-state index is 12.4. The monoisotopic (exact) mass is 465 g/mol. The summed E-state index contributed by atoms with van der Waals surface area (Å²) in [7, 11) is 0. The van der Waals surface area contributed by atoms with Crippen LogP contribution in [0.2, 0.25) is 0 Å². The van der Waals surface area contributed by atoms with Crippen LogP contribution >= 0.6 is 15.9 Å². The molecule has 0 spiro atoms. The maximum Gasteiger partial charge on any atom is 0.305 e. The van der Waals surface area contributed by atoms with E-state index >= 15 is 0 Å². The molecule has 0 N–H and O–H groups in total. The summed E-state index contributed by atoms with van der Waals surface area (Å²) in [6.07, 6.45) is 2.46. The van der Waals surface area contributed by atoms with Gasteiger partial charge >= 0.3 is 5.97 Å². The Balaban J connectivity index is 2.17. The normalized spacial score (nSPS) is 11.6. The van der Waals surface area contributed by atoms with E-state index in [0.717, 1.165) is 15.4 Å². The van der Waals surface area contributed by atoms with Crippen molar-refractivity contribution in [2.45, 2.75) is 40.5 Å². The number of amides is 1. The molecule has 1 aromatic heterocycles. The minimum absolute atomic E-state index is 0.0394. The van der Waals surface area contributed by atoms with Crippen LogP contribution in [-0.2, 0) is 14.3 Å². The predicted octanol–water partition coefficient (Wildman–Crippen LogP) is 5.19. The zero-order valence-corrected chi connectivity index (χ0v) is 19.0. The molecule has 0 aliphatic rings. The number of carbonyl (C=O) groups is 2. The van der Waals surface area contributed by atoms with Crippen molar-refractivity contribution < 1.29 is 23.5 Å². The smallest absolute Gasteiger partial charge is 0.305 e. The van der Waals surface area contributed by atoms with Gasteiger partial charge in [0.1, 0.15) is 5.76 Å². The zero-order chi connectivity index (χ0) is 21.4. The molecule has 0 aliphatic carbocycles. The molecule has 0 fully saturated rings. The van der Waals surface area contributed by atoms with E-state index in [1.807, 2.05) is 39.0 Å². The summed E-state index contributed by atoms with van der Waals surface area (Å²) in [5.41, 5.74) is 1.35. The van der Waals surface area contributed by atoms with Crippen molar-refractivity contribution in [3.8, 4) is 5.75 Å². The lowest BCUT2D eigenvalue weighted by Gasteiger charge is -2.16. The number of esters is 1. The molecule has 29 heavy (non-hydrogen) atoms. The van der Waals surface area contributed by atoms with E-state index < -0.39 is 0 Å². The van der Waals surface area contributed by atoms with Crippen molar-refractivity contribution >= 4 is 44.3 Å². The molecule has 0 bridgehead atoms. The van der Waals surface area contributed by atoms with E-state index in [4.69, 9.17) is 13.9 Å². The molecule has 7 heteroatoms. The highest BCUT2D eigenvalue weighted by molar-refractivity contribution is 9.10. The standard InChI is InChI=1S/C22H28BrNO5/c1-5-24(6-2)20(25)13-15(4)19-14-16-17(23)10-11-18(22(16)29-19)28-12-8-9-21(26)27-7-3/h10-11,13-14H,5-9,12H2,1-4H3. The van der Waals surface area contributed by atoms with Gasteiger partial charge in [-0.1, -0.05) is 15.9 Å². The van der Waals surface area contributed by atoms with Gasteiger partial charge in [-0.15, -0.1) is 0 Å². The Morgan fingerprint density at radius 1 is 1.21 bits per heavy atom. The van der Waals surface area contributed by atoms with Crippen LogP contribution in [0.3, 0.4) is 0 Å². The summed E-state index contributed by atoms with van der Waals surface area (Å²) in [5, 5.41) is 0.867. The highest BCUT2D eigenvalue weighted by Crippen LogP contribution is 2.36. The highest BCUT2D eigenvalue weighted by Gasteiger charge is 2.15. The third kappa shape index (κ3) is 6.10. The number of nitrogens with zero attached hydrogens (tertiary/aromatic N) is 1. The molecule has 0 saturated carbocycles. The summed E-state index contributed by atoms with van der Waals surface area (Å²) >= 11 is 3.54. The molecule has 2 aromatic rings. The van der Waals surface area contributed by atoms with Crippen molar-refractivity contribution in [2.75, 3.05) is 26.3 Å². The van der Waals surface area contributed by atoms with Crippen LogP contribution in [0.4, 0.5) is 0 Å². The fourth-order valence-corrected chi connectivity index (χ4v) is 3.32. The first-order chi connectivity index (χ1) is 13.9. The number of likely N-dealkylation sites (N-methyl/N-ethyl adjacent to an activating group) is 1. The third-order valence-corrected chi connectivity index (χ3v) is 5.18. The SMILES string of the molecule is CCOC(=O)CCCOc1ccc(Br)c2cc(C(C)=CC(=O)N(CC)CC)oc12. The number of halogens is 1. The van der Waals surface area contributed by atoms with Gasteiger partial charge in [-0.3, -0.25) is 9.59 Å². The van der Waals surface area contributed by atoms with E-state index in [0.29, 0.717) is 56.2 Å². The number of rotatable bonds is 10. The molecule has 2 rings (SSSR count). The predicted molar refractivity (Wildman–Crippen MR) is 117 cm³/mol. The zero-order valence-electron chi connectivity index (χ0n) is 17.4. The second-order valence-corrected chi connectivity index (χ2v) is 7.35. The summed E-state index contributed by atoms with van der Waals surface area (Å²) in [5.74, 6) is 0.948. The van der Waals surface area contributed by atoms with Gasteiger partial charge in [0.25, 0.3) is 0 Å². The van der Waals surface area contributed by atoms with Crippen LogP contribution in [0.1, 0.15) is 46.3 Å². The Bertz CT molecular complexity index is 883. The summed E-state index contributed by atoms with van der Waals surface area (Å²) in [6, 6.07) is 5.61. The molecule has 158 valence electrons. The topological polar surface area (TPSA) is 69.0 Å². The molecular weight excluding hydrogens is 438 g/mol. The van der Waals surface area contributed by atoms with Gasteiger partial charge in [-0.05, 0) is 57.9 Å². The summed E-state index contributed by atoms with van der Waals surface area (Å²) in [4.78, 5) is 25.5. The van der Waals surface area contributed by atoms with Crippen LogP contribution in [0.5, 0.6) is 5.75 Å². The molecule has 1 heterocycles. The number of fused-ring (bicyclic) bond motifs is 1. The Kier molecular flexibility index (Phi) is 8.76. The molecule has 1 aromatic carbocycles. The molecule has 0 aliphatic heterocycles. The second-order valence-electron chi connectivity index (χ2n) is 6.49. The Labute approximate surface area is 180 Å². The lowest BCUT2D eigenvalue weighted by atomic mass is 10.2. The van der Waals surface area contributed by atoms with Crippen molar-refractivity contribution in [3.63, 3.8) is 0 Å². The van der Waals surface area contributed by atoms with Crippen molar-refractivity contribution in [1.82, 2.24) is 4.90 Å². The third-order valence-electron chi connectivity index (χ3n) is 4.49. The molecule has 0 radical (unpaired) electrons. The van der Waals surface area contributed by atoms with E-state index in [-0.39, 0.29) is 11.9 Å². The van der Waals surface area contributed by atoms with Crippen LogP contribution in [0, 0.1) is 0 Å². The molecule has 0 saturated heterocycles. The van der Waals surface area contributed by atoms with Gasteiger partial charge in [0, 0.05) is 35.4 Å². The number of furan rings is 1. The van der Waals surface area contributed by atoms with Crippen molar-refractivity contribution in [2.24, 2.45) is 0 Å². The summed E-state index contributed by atoms with van der Waals surface area (Å²) < 4.78 is 17.7. The van der Waals surface area contributed by atoms with Crippen molar-refractivity contribution in [1.29, 1.82) is 0 Å². The highest BCUT2D eigenvalue weighted by atomic mass is 79.9. The van der Waals surface area contributed by atoms with Crippen LogP contribution < -0.4 is 4.74 Å². The first-order valence-electron chi connectivity index (χ1n) is 9.89. The molecule has 0 atom stereocenters.